The van der Waals surface area contributed by atoms with Gasteiger partial charge in [-0.15, -0.1) is 0 Å². The van der Waals surface area contributed by atoms with Gasteiger partial charge in [0.25, 0.3) is 0 Å². The van der Waals surface area contributed by atoms with Gasteiger partial charge in [0.2, 0.25) is 0 Å². The fourth-order valence-electron chi connectivity index (χ4n) is 2.35. The van der Waals surface area contributed by atoms with E-state index in [1.54, 1.807) is 12.5 Å². The van der Waals surface area contributed by atoms with Gasteiger partial charge in [-0.1, -0.05) is 12.1 Å². The molecule has 0 unspecified atom stereocenters. The van der Waals surface area contributed by atoms with Crippen molar-refractivity contribution in [1.29, 1.82) is 0 Å². The number of rotatable bonds is 3. The molecule has 2 aromatic heterocycles. The Kier molecular flexibility index (Phi) is 3.44. The first kappa shape index (κ1) is 13.4. The molecule has 0 saturated carbocycles. The summed E-state index contributed by atoms with van der Waals surface area (Å²) < 4.78 is 5.23. The fourth-order valence-corrected chi connectivity index (χ4v) is 2.35. The topological polar surface area (TPSA) is 61.0 Å². The van der Waals surface area contributed by atoms with Crippen LogP contribution in [-0.2, 0) is 4.74 Å². The van der Waals surface area contributed by atoms with E-state index in [1.165, 1.54) is 0 Å². The molecule has 1 aromatic carbocycles. The van der Waals surface area contributed by atoms with E-state index in [-0.39, 0.29) is 0 Å². The summed E-state index contributed by atoms with van der Waals surface area (Å²) in [5, 5.41) is 2.07. The largest absolute Gasteiger partial charge is 0.501 e. The number of nitrogen functional groups attached to an aromatic ring is 1. The van der Waals surface area contributed by atoms with E-state index < -0.39 is 0 Å². The standard InChI is InChI=1S/C17H17N3O/c1-3-21-7-6-12-9-14-13-5-4-11(2)8-15(13)20-17(18)16(14)19-10-12/h4-10H,3H2,1-2H3,(H2,18,20). The highest BCUT2D eigenvalue weighted by atomic mass is 16.5. The van der Waals surface area contributed by atoms with Crippen LogP contribution in [0.15, 0.2) is 36.7 Å². The maximum absolute atomic E-state index is 6.03. The van der Waals surface area contributed by atoms with Crippen LogP contribution >= 0.6 is 0 Å². The highest BCUT2D eigenvalue weighted by Crippen LogP contribution is 2.27. The van der Waals surface area contributed by atoms with Gasteiger partial charge < -0.3 is 10.5 Å². The third-order valence-electron chi connectivity index (χ3n) is 3.36. The number of pyridine rings is 2. The van der Waals surface area contributed by atoms with Crippen molar-refractivity contribution in [3.63, 3.8) is 0 Å². The van der Waals surface area contributed by atoms with Crippen LogP contribution in [0, 0.1) is 6.92 Å². The second kappa shape index (κ2) is 5.40. The average Bonchev–Trinajstić information content (AvgIpc) is 2.47. The zero-order valence-corrected chi connectivity index (χ0v) is 12.1. The van der Waals surface area contributed by atoms with E-state index in [9.17, 15) is 0 Å². The average molecular weight is 279 g/mol. The Morgan fingerprint density at radius 2 is 2.10 bits per heavy atom. The van der Waals surface area contributed by atoms with Crippen molar-refractivity contribution in [2.24, 2.45) is 0 Å². The molecule has 3 rings (SSSR count). The predicted molar refractivity (Wildman–Crippen MR) is 86.9 cm³/mol. The molecule has 0 spiro atoms. The second-order valence-corrected chi connectivity index (χ2v) is 4.94. The molecular weight excluding hydrogens is 262 g/mol. The number of hydrogen-bond acceptors (Lipinski definition) is 4. The SMILES string of the molecule is CCOC=Cc1cnc2c(N)nc3cc(C)ccc3c2c1. The number of fused-ring (bicyclic) bond motifs is 3. The van der Waals surface area contributed by atoms with Crippen LogP contribution < -0.4 is 5.73 Å². The summed E-state index contributed by atoms with van der Waals surface area (Å²) >= 11 is 0. The molecule has 4 heteroatoms. The van der Waals surface area contributed by atoms with Crippen molar-refractivity contribution in [2.75, 3.05) is 12.3 Å². The summed E-state index contributed by atoms with van der Waals surface area (Å²) in [6.07, 6.45) is 5.35. The quantitative estimate of drug-likeness (QED) is 0.587. The smallest absolute Gasteiger partial charge is 0.150 e. The Labute approximate surface area is 123 Å². The van der Waals surface area contributed by atoms with E-state index in [1.807, 2.05) is 26.0 Å². The third-order valence-corrected chi connectivity index (χ3v) is 3.36. The van der Waals surface area contributed by atoms with E-state index >= 15 is 0 Å². The van der Waals surface area contributed by atoms with E-state index in [0.717, 1.165) is 32.9 Å². The predicted octanol–water partition coefficient (Wildman–Crippen LogP) is 3.68. The summed E-state index contributed by atoms with van der Waals surface area (Å²) in [7, 11) is 0. The molecule has 0 radical (unpaired) electrons. The third kappa shape index (κ3) is 2.52. The van der Waals surface area contributed by atoms with Gasteiger partial charge in [0.15, 0.2) is 5.82 Å². The molecule has 106 valence electrons. The second-order valence-electron chi connectivity index (χ2n) is 4.94. The van der Waals surface area contributed by atoms with Crippen molar-refractivity contribution in [3.8, 4) is 0 Å². The van der Waals surface area contributed by atoms with Crippen LogP contribution in [0.3, 0.4) is 0 Å². The number of anilines is 1. The van der Waals surface area contributed by atoms with Gasteiger partial charge >= 0.3 is 0 Å². The lowest BCUT2D eigenvalue weighted by atomic mass is 10.1. The molecule has 0 aliphatic heterocycles. The minimum absolute atomic E-state index is 0.462. The fraction of sp³-hybridized carbons (Fsp3) is 0.176. The lowest BCUT2D eigenvalue weighted by molar-refractivity contribution is 0.272. The van der Waals surface area contributed by atoms with Crippen LogP contribution in [0.2, 0.25) is 0 Å². The zero-order chi connectivity index (χ0) is 14.8. The number of benzene rings is 1. The molecule has 0 saturated heterocycles. The number of aromatic nitrogens is 2. The Balaban J connectivity index is 2.24. The van der Waals surface area contributed by atoms with E-state index in [4.69, 9.17) is 10.5 Å². The van der Waals surface area contributed by atoms with Crippen LogP contribution in [0.5, 0.6) is 0 Å². The van der Waals surface area contributed by atoms with Gasteiger partial charge in [0.05, 0.1) is 18.4 Å². The minimum Gasteiger partial charge on any atom is -0.501 e. The van der Waals surface area contributed by atoms with Gasteiger partial charge in [0.1, 0.15) is 5.52 Å². The minimum atomic E-state index is 0.462. The van der Waals surface area contributed by atoms with Gasteiger partial charge in [0, 0.05) is 17.0 Å². The molecule has 2 N–H and O–H groups in total. The van der Waals surface area contributed by atoms with Gasteiger partial charge in [-0.05, 0) is 43.2 Å². The molecule has 2 heterocycles. The molecule has 21 heavy (non-hydrogen) atoms. The highest BCUT2D eigenvalue weighted by molar-refractivity contribution is 6.08. The van der Waals surface area contributed by atoms with Crippen LogP contribution in [0.4, 0.5) is 5.82 Å². The van der Waals surface area contributed by atoms with E-state index in [2.05, 4.69) is 28.2 Å². The molecule has 0 aliphatic rings. The van der Waals surface area contributed by atoms with Crippen molar-refractivity contribution in [1.82, 2.24) is 9.97 Å². The normalized spacial score (nSPS) is 11.5. The van der Waals surface area contributed by atoms with Crippen LogP contribution in [-0.4, -0.2) is 16.6 Å². The highest BCUT2D eigenvalue weighted by Gasteiger charge is 2.08. The number of hydrogen-bond donors (Lipinski definition) is 1. The number of nitrogens with two attached hydrogens (primary N) is 1. The molecule has 0 fully saturated rings. The Morgan fingerprint density at radius 1 is 1.24 bits per heavy atom. The lowest BCUT2D eigenvalue weighted by Crippen LogP contribution is -1.96. The summed E-state index contributed by atoms with van der Waals surface area (Å²) in [6.45, 7) is 4.64. The molecule has 0 amide bonds. The van der Waals surface area contributed by atoms with Crippen molar-refractivity contribution in [2.45, 2.75) is 13.8 Å². The van der Waals surface area contributed by atoms with Gasteiger partial charge in [-0.25, -0.2) is 4.98 Å². The zero-order valence-electron chi connectivity index (χ0n) is 12.1. The van der Waals surface area contributed by atoms with Crippen molar-refractivity contribution >= 4 is 33.7 Å². The molecule has 0 aliphatic carbocycles. The van der Waals surface area contributed by atoms with Crippen molar-refractivity contribution in [3.05, 3.63) is 47.9 Å². The monoisotopic (exact) mass is 279 g/mol. The summed E-state index contributed by atoms with van der Waals surface area (Å²) in [4.78, 5) is 8.88. The molecule has 0 atom stereocenters. The lowest BCUT2D eigenvalue weighted by Gasteiger charge is -2.07. The number of ether oxygens (including phenoxy) is 1. The Bertz CT molecular complexity index is 840. The first-order chi connectivity index (χ1) is 10.2. The van der Waals surface area contributed by atoms with Crippen molar-refractivity contribution < 1.29 is 4.74 Å². The summed E-state index contributed by atoms with van der Waals surface area (Å²) in [6, 6.07) is 8.24. The summed E-state index contributed by atoms with van der Waals surface area (Å²) in [5.74, 6) is 0.462. The first-order valence-corrected chi connectivity index (χ1v) is 6.93. The van der Waals surface area contributed by atoms with Crippen LogP contribution in [0.25, 0.3) is 27.9 Å². The summed E-state index contributed by atoms with van der Waals surface area (Å²) in [5.41, 5.74) is 9.80. The Morgan fingerprint density at radius 3 is 2.90 bits per heavy atom. The maximum Gasteiger partial charge on any atom is 0.150 e. The van der Waals surface area contributed by atoms with Gasteiger partial charge in [-0.2, -0.15) is 0 Å². The van der Waals surface area contributed by atoms with Crippen LogP contribution in [0.1, 0.15) is 18.1 Å². The molecular formula is C17H17N3O. The maximum atomic E-state index is 6.03. The van der Waals surface area contributed by atoms with E-state index in [0.29, 0.717) is 12.4 Å². The number of nitrogens with zero attached hydrogens (tertiary/aromatic N) is 2. The number of aryl methyl sites for hydroxylation is 1. The molecule has 0 bridgehead atoms. The molecule has 3 aromatic rings. The first-order valence-electron chi connectivity index (χ1n) is 6.93. The van der Waals surface area contributed by atoms with Gasteiger partial charge in [-0.3, -0.25) is 4.98 Å². The Hall–Kier alpha value is -2.62. The molecule has 4 nitrogen and oxygen atoms in total.